The molecule has 0 aliphatic carbocycles. The Hall–Kier alpha value is 1.02. The van der Waals surface area contributed by atoms with Gasteiger partial charge in [0, 0.05) is 0 Å². The first-order valence-corrected chi connectivity index (χ1v) is 1.21. The van der Waals surface area contributed by atoms with Gasteiger partial charge in [0.15, 0.2) is 0 Å². The molecule has 10 heteroatoms. The third kappa shape index (κ3) is 555. The summed E-state index contributed by atoms with van der Waals surface area (Å²) in [5.74, 6) is 0. The topological polar surface area (TPSA) is 206 Å². The minimum atomic E-state index is 0. The van der Waals surface area contributed by atoms with E-state index in [2.05, 4.69) is 0 Å². The van der Waals surface area contributed by atoms with Gasteiger partial charge in [0.25, 0.3) is 0 Å². The van der Waals surface area contributed by atoms with Gasteiger partial charge in [-0.15, -0.1) is 0 Å². The van der Waals surface area contributed by atoms with Crippen molar-refractivity contribution in [1.82, 2.24) is 0 Å². The summed E-state index contributed by atoms with van der Waals surface area (Å²) in [6.07, 6.45) is 0. The Morgan fingerprint density at radius 2 is 0.500 bits per heavy atom. The first-order chi connectivity index (χ1) is 1.00. The van der Waals surface area contributed by atoms with Crippen molar-refractivity contribution in [3.05, 3.63) is 0 Å². The van der Waals surface area contributed by atoms with Gasteiger partial charge < -0.3 is 57.7 Å². The molecule has 0 atom stereocenters. The number of hydrogen-bond donors (Lipinski definition) is 0. The van der Waals surface area contributed by atoms with E-state index in [1.54, 1.807) is 0 Å². The summed E-state index contributed by atoms with van der Waals surface area (Å²) >= 11 is 0.300. The van der Waals surface area contributed by atoms with Crippen LogP contribution in [0.2, 0.25) is 0 Å². The van der Waals surface area contributed by atoms with Crippen molar-refractivity contribution in [2.24, 2.45) is 0 Å². The molecule has 0 saturated carbocycles. The van der Waals surface area contributed by atoms with Gasteiger partial charge in [-0.2, -0.15) is 0 Å². The van der Waals surface area contributed by atoms with Crippen LogP contribution in [0, 0.1) is 0 Å². The third-order valence-electron chi connectivity index (χ3n) is 0. The van der Waals surface area contributed by atoms with Gasteiger partial charge >= 0.3 is 27.5 Å². The van der Waals surface area contributed by atoms with E-state index in [-0.39, 0.29) is 57.7 Å². The van der Waals surface area contributed by atoms with Crippen molar-refractivity contribution >= 4 is 0 Å². The van der Waals surface area contributed by atoms with Gasteiger partial charge in [-0.25, -0.2) is 0 Å². The Balaban J connectivity index is -0.000000000179. The predicted octanol–water partition coefficient (Wildman–Crippen LogP) is -11.1. The third-order valence-corrected chi connectivity index (χ3v) is 0. The van der Waals surface area contributed by atoms with E-state index in [0.29, 0.717) is 24.7 Å². The van der Waals surface area contributed by atoms with Gasteiger partial charge in [0.05, 0.1) is 0 Å². The van der Waals surface area contributed by atoms with Crippen molar-refractivity contribution in [3.8, 4) is 0 Å². The molecule has 0 fully saturated rings. The van der Waals surface area contributed by atoms with Crippen LogP contribution in [0.4, 0.5) is 0 Å². The Labute approximate surface area is 85.1 Å². The van der Waals surface area contributed by atoms with E-state index in [1.165, 1.54) is 0 Å². The standard InChI is InChI=1S/2ClH.6H2O.O.Zr/h2*1H;6*1H2;;/q;;;;;;;;;+2/p-2. The summed E-state index contributed by atoms with van der Waals surface area (Å²) in [4.78, 5) is 0. The molecule has 0 aromatic carbocycles. The molecule has 10 heavy (non-hydrogen) atoms. The number of rotatable bonds is 0. The average molecular weight is 286 g/mol. The van der Waals surface area contributed by atoms with E-state index in [4.69, 9.17) is 2.81 Å². The molecule has 0 unspecified atom stereocenters. The number of halogens is 2. The fourth-order valence-electron chi connectivity index (χ4n) is 0. The molecule has 0 spiro atoms. The van der Waals surface area contributed by atoms with Crippen LogP contribution >= 0.6 is 0 Å². The number of hydrogen-bond acceptors (Lipinski definition) is 1. The summed E-state index contributed by atoms with van der Waals surface area (Å²) in [7, 11) is 0. The summed E-state index contributed by atoms with van der Waals surface area (Å²) in [5, 5.41) is 0. The molecule has 0 aromatic heterocycles. The summed E-state index contributed by atoms with van der Waals surface area (Å²) in [6.45, 7) is 0. The Morgan fingerprint density at radius 1 is 0.500 bits per heavy atom. The molecule has 0 saturated heterocycles. The second kappa shape index (κ2) is 780. The molecule has 0 amide bonds. The molecule has 12 N–H and O–H groups in total. The van der Waals surface area contributed by atoms with Crippen LogP contribution in [0.1, 0.15) is 0 Å². The average Bonchev–Trinajstić information content (AvgIpc) is 1.00. The zero-order valence-corrected chi connectivity index (χ0v) is 8.63. The van der Waals surface area contributed by atoms with Crippen LogP contribution in [0.25, 0.3) is 0 Å². The van der Waals surface area contributed by atoms with E-state index in [9.17, 15) is 0 Å². The normalized spacial score (nSPS) is 0.600. The van der Waals surface area contributed by atoms with Crippen LogP contribution in [-0.2, 0) is 27.5 Å². The molecule has 0 heterocycles. The maximum absolute atomic E-state index is 8.34. The fraction of sp³-hybridized carbons (Fsp3) is 0. The van der Waals surface area contributed by atoms with Crippen LogP contribution in [-0.4, -0.2) is 32.9 Å². The molecule has 0 rings (SSSR count). The van der Waals surface area contributed by atoms with Crippen LogP contribution in [0.15, 0.2) is 0 Å². The molecule has 0 aliphatic rings. The zero-order chi connectivity index (χ0) is 2.00. The molecule has 0 aromatic rings. The first kappa shape index (κ1) is 271. The molecule has 7 nitrogen and oxygen atoms in total. The van der Waals surface area contributed by atoms with Crippen LogP contribution in [0.5, 0.6) is 0 Å². The van der Waals surface area contributed by atoms with E-state index in [1.807, 2.05) is 0 Å². The molecule has 0 bridgehead atoms. The molecule has 0 radical (unpaired) electrons. The molecular formula is H12Cl2O7Zr. The monoisotopic (exact) mass is 284 g/mol. The summed E-state index contributed by atoms with van der Waals surface area (Å²) < 4.78 is 8.34. The van der Waals surface area contributed by atoms with Crippen molar-refractivity contribution in [2.45, 2.75) is 0 Å². The molecule has 72 valence electrons. The summed E-state index contributed by atoms with van der Waals surface area (Å²) in [6, 6.07) is 0. The Morgan fingerprint density at radius 3 is 0.500 bits per heavy atom. The quantitative estimate of drug-likeness (QED) is 0.417. The van der Waals surface area contributed by atoms with Crippen molar-refractivity contribution in [2.75, 3.05) is 0 Å². The second-order valence-electron chi connectivity index (χ2n) is 0. The van der Waals surface area contributed by atoms with Crippen LogP contribution < -0.4 is 24.8 Å². The van der Waals surface area contributed by atoms with Gasteiger partial charge in [0.1, 0.15) is 0 Å². The molecular weight excluding hydrogens is 274 g/mol. The second-order valence-corrected chi connectivity index (χ2v) is 0. The van der Waals surface area contributed by atoms with Crippen molar-refractivity contribution in [3.63, 3.8) is 0 Å². The Bertz CT molecular complexity index is 11.6. The predicted molar refractivity (Wildman–Crippen MR) is 22.4 cm³/mol. The fourth-order valence-corrected chi connectivity index (χ4v) is 0. The SMILES string of the molecule is O.O.O.O.O.O.[Cl-].[Cl-].[O]=[Zr+2]. The van der Waals surface area contributed by atoms with Gasteiger partial charge in [-0.1, -0.05) is 0 Å². The van der Waals surface area contributed by atoms with Crippen molar-refractivity contribution < 1.29 is 85.2 Å². The van der Waals surface area contributed by atoms with E-state index in [0.717, 1.165) is 0 Å². The zero-order valence-electron chi connectivity index (χ0n) is 4.66. The van der Waals surface area contributed by atoms with Gasteiger partial charge in [-0.05, 0) is 0 Å². The van der Waals surface area contributed by atoms with Crippen LogP contribution in [0.3, 0.4) is 0 Å². The van der Waals surface area contributed by atoms with Gasteiger partial charge in [-0.3, -0.25) is 0 Å². The Kier molecular flexibility index (Phi) is 21100. The maximum atomic E-state index is 8.34. The first-order valence-electron chi connectivity index (χ1n) is 0.204. The van der Waals surface area contributed by atoms with Crippen molar-refractivity contribution in [1.29, 1.82) is 0 Å². The summed E-state index contributed by atoms with van der Waals surface area (Å²) in [5.41, 5.74) is 0. The van der Waals surface area contributed by atoms with E-state index >= 15 is 0 Å². The van der Waals surface area contributed by atoms with E-state index < -0.39 is 0 Å². The van der Waals surface area contributed by atoms with Gasteiger partial charge in [0.2, 0.25) is 0 Å². The minimum absolute atomic E-state index is 0. The molecule has 0 aliphatic heterocycles.